The Bertz CT molecular complexity index is 731. The number of thiazole rings is 1. The number of halogens is 3. The number of hydrogen-bond acceptors (Lipinski definition) is 4. The average Bonchev–Trinajstić information content (AvgIpc) is 2.97. The maximum absolute atomic E-state index is 12.8. The summed E-state index contributed by atoms with van der Waals surface area (Å²) in [7, 11) is 0. The van der Waals surface area contributed by atoms with Crippen LogP contribution in [0.4, 0.5) is 13.2 Å². The maximum Gasteiger partial charge on any atom is 0.443 e. The Hall–Kier alpha value is -1.93. The van der Waals surface area contributed by atoms with E-state index in [0.717, 1.165) is 5.56 Å². The van der Waals surface area contributed by atoms with Crippen molar-refractivity contribution in [3.05, 3.63) is 51.5 Å². The number of ether oxygens (including phenoxy) is 1. The van der Waals surface area contributed by atoms with Gasteiger partial charge in [-0.3, -0.25) is 4.79 Å². The third kappa shape index (κ3) is 3.29. The summed E-state index contributed by atoms with van der Waals surface area (Å²) in [6.07, 6.45) is -3.95. The number of aromatic nitrogens is 1. The van der Waals surface area contributed by atoms with Crippen molar-refractivity contribution in [1.82, 2.24) is 9.88 Å². The molecule has 8 heteroatoms. The Kier molecular flexibility index (Phi) is 4.60. The molecule has 2 heterocycles. The number of aryl methyl sites for hydroxylation is 1. The van der Waals surface area contributed by atoms with Crippen molar-refractivity contribution in [1.29, 1.82) is 0 Å². The molecule has 1 saturated heterocycles. The Morgan fingerprint density at radius 1 is 1.33 bits per heavy atom. The van der Waals surface area contributed by atoms with Crippen molar-refractivity contribution in [2.24, 2.45) is 0 Å². The van der Waals surface area contributed by atoms with E-state index < -0.39 is 17.1 Å². The van der Waals surface area contributed by atoms with E-state index in [1.54, 1.807) is 0 Å². The zero-order chi connectivity index (χ0) is 17.3. The minimum atomic E-state index is -4.55. The molecule has 1 aromatic heterocycles. The van der Waals surface area contributed by atoms with Gasteiger partial charge in [-0.05, 0) is 18.9 Å². The second-order valence-corrected chi connectivity index (χ2v) is 6.46. The monoisotopic (exact) mass is 356 g/mol. The number of hydrogen-bond donors (Lipinski definition) is 0. The number of rotatable bonds is 2. The van der Waals surface area contributed by atoms with Crippen molar-refractivity contribution in [2.75, 3.05) is 13.3 Å². The number of nitrogens with zero attached hydrogens (tertiary/aromatic N) is 2. The molecule has 3 rings (SSSR count). The average molecular weight is 356 g/mol. The lowest BCUT2D eigenvalue weighted by molar-refractivity contribution is -0.137. The van der Waals surface area contributed by atoms with Crippen molar-refractivity contribution < 1.29 is 22.7 Å². The molecule has 1 aromatic carbocycles. The molecule has 0 radical (unpaired) electrons. The normalized spacial score (nSPS) is 18.7. The molecule has 1 aliphatic heterocycles. The van der Waals surface area contributed by atoms with Gasteiger partial charge in [-0.2, -0.15) is 13.2 Å². The molecular weight excluding hydrogens is 341 g/mol. The van der Waals surface area contributed by atoms with Crippen LogP contribution in [0, 0.1) is 6.92 Å². The highest BCUT2D eigenvalue weighted by Gasteiger charge is 2.38. The number of amides is 1. The van der Waals surface area contributed by atoms with Crippen LogP contribution in [0.5, 0.6) is 0 Å². The van der Waals surface area contributed by atoms with Gasteiger partial charge in [-0.25, -0.2) is 4.98 Å². The van der Waals surface area contributed by atoms with Gasteiger partial charge in [0.2, 0.25) is 0 Å². The summed E-state index contributed by atoms with van der Waals surface area (Å²) in [4.78, 5) is 17.8. The van der Waals surface area contributed by atoms with Crippen molar-refractivity contribution >= 4 is 17.2 Å². The van der Waals surface area contributed by atoms with Crippen LogP contribution in [0.1, 0.15) is 38.4 Å². The van der Waals surface area contributed by atoms with Gasteiger partial charge in [-0.15, -0.1) is 11.3 Å². The van der Waals surface area contributed by atoms with Crippen LogP contribution < -0.4 is 0 Å². The summed E-state index contributed by atoms with van der Waals surface area (Å²) in [5.74, 6) is -0.478. The van der Waals surface area contributed by atoms with Gasteiger partial charge < -0.3 is 9.64 Å². The lowest BCUT2D eigenvalue weighted by Crippen LogP contribution is -2.40. The maximum atomic E-state index is 12.8. The topological polar surface area (TPSA) is 42.4 Å². The van der Waals surface area contributed by atoms with Gasteiger partial charge >= 0.3 is 6.18 Å². The van der Waals surface area contributed by atoms with E-state index >= 15 is 0 Å². The molecule has 1 unspecified atom stereocenters. The van der Waals surface area contributed by atoms with Crippen LogP contribution in [0.25, 0.3) is 0 Å². The van der Waals surface area contributed by atoms with Crippen molar-refractivity contribution in [2.45, 2.75) is 25.6 Å². The lowest BCUT2D eigenvalue weighted by atomic mass is 10.0. The van der Waals surface area contributed by atoms with Crippen LogP contribution in [0.2, 0.25) is 0 Å². The van der Waals surface area contributed by atoms with Gasteiger partial charge in [0.1, 0.15) is 11.6 Å². The first kappa shape index (κ1) is 16.9. The highest BCUT2D eigenvalue weighted by Crippen LogP contribution is 2.36. The zero-order valence-corrected chi connectivity index (χ0v) is 13.7. The van der Waals surface area contributed by atoms with E-state index in [9.17, 15) is 18.0 Å². The lowest BCUT2D eigenvalue weighted by Gasteiger charge is -2.35. The van der Waals surface area contributed by atoms with Crippen LogP contribution in [0.3, 0.4) is 0 Å². The molecule has 1 fully saturated rings. The first-order valence-electron chi connectivity index (χ1n) is 7.36. The predicted octanol–water partition coefficient (Wildman–Crippen LogP) is 4.03. The third-order valence-electron chi connectivity index (χ3n) is 3.82. The molecule has 1 atom stereocenters. The van der Waals surface area contributed by atoms with Gasteiger partial charge in [-0.1, -0.05) is 30.3 Å². The number of carbonyl (C=O) groups excluding carboxylic acids is 1. The minimum Gasteiger partial charge on any atom is -0.361 e. The molecule has 4 nitrogen and oxygen atoms in total. The molecule has 0 bridgehead atoms. The van der Waals surface area contributed by atoms with Crippen molar-refractivity contribution in [3.8, 4) is 0 Å². The van der Waals surface area contributed by atoms with Gasteiger partial charge in [0.25, 0.3) is 5.91 Å². The van der Waals surface area contributed by atoms with E-state index in [1.807, 2.05) is 30.3 Å². The predicted molar refractivity (Wildman–Crippen MR) is 82.6 cm³/mol. The second-order valence-electron chi connectivity index (χ2n) is 5.46. The van der Waals surface area contributed by atoms with Crippen LogP contribution in [-0.4, -0.2) is 29.1 Å². The number of benzene rings is 1. The van der Waals surface area contributed by atoms with E-state index in [0.29, 0.717) is 24.4 Å². The standard InChI is InChI=1S/C16H15F3N2O2S/c1-10-13(24-15(20-10)16(17,18)19)14(22)21-9-23-8-7-12(21)11-5-3-2-4-6-11/h2-6,12H,7-9H2,1H3. The van der Waals surface area contributed by atoms with Crippen molar-refractivity contribution in [3.63, 3.8) is 0 Å². The Labute approximate surface area is 140 Å². The largest absolute Gasteiger partial charge is 0.443 e. The third-order valence-corrected chi connectivity index (χ3v) is 5.01. The van der Waals surface area contributed by atoms with E-state index in [-0.39, 0.29) is 23.3 Å². The number of alkyl halides is 3. The zero-order valence-electron chi connectivity index (χ0n) is 12.8. The molecular formula is C16H15F3N2O2S. The molecule has 1 aliphatic rings. The summed E-state index contributed by atoms with van der Waals surface area (Å²) >= 11 is 0.383. The van der Waals surface area contributed by atoms with Crippen LogP contribution >= 0.6 is 11.3 Å². The summed E-state index contributed by atoms with van der Waals surface area (Å²) in [5, 5.41) is -1.00. The molecule has 0 saturated carbocycles. The molecule has 0 aliphatic carbocycles. The van der Waals surface area contributed by atoms with E-state index in [1.165, 1.54) is 11.8 Å². The quantitative estimate of drug-likeness (QED) is 0.816. The first-order valence-corrected chi connectivity index (χ1v) is 8.18. The summed E-state index contributed by atoms with van der Waals surface area (Å²) < 4.78 is 43.8. The number of carbonyl (C=O) groups is 1. The molecule has 1 amide bonds. The molecule has 24 heavy (non-hydrogen) atoms. The fraction of sp³-hybridized carbons (Fsp3) is 0.375. The van der Waals surface area contributed by atoms with E-state index in [4.69, 9.17) is 4.74 Å². The van der Waals surface area contributed by atoms with Gasteiger partial charge in [0.15, 0.2) is 5.01 Å². The minimum absolute atomic E-state index is 0.00811. The molecule has 0 spiro atoms. The van der Waals surface area contributed by atoms with Crippen LogP contribution in [-0.2, 0) is 10.9 Å². The highest BCUT2D eigenvalue weighted by atomic mass is 32.1. The molecule has 0 N–H and O–H groups in total. The van der Waals surface area contributed by atoms with Gasteiger partial charge in [0, 0.05) is 0 Å². The Balaban J connectivity index is 1.91. The van der Waals surface area contributed by atoms with Crippen LogP contribution in [0.15, 0.2) is 30.3 Å². The Morgan fingerprint density at radius 2 is 2.04 bits per heavy atom. The second kappa shape index (κ2) is 6.52. The van der Waals surface area contributed by atoms with Gasteiger partial charge in [0.05, 0.1) is 18.3 Å². The summed E-state index contributed by atoms with van der Waals surface area (Å²) in [6.45, 7) is 1.97. The smallest absolute Gasteiger partial charge is 0.361 e. The molecule has 128 valence electrons. The SMILES string of the molecule is Cc1nc(C(F)(F)F)sc1C(=O)N1COCCC1c1ccccc1. The van der Waals surface area contributed by atoms with E-state index in [2.05, 4.69) is 4.98 Å². The summed E-state index contributed by atoms with van der Waals surface area (Å²) in [6, 6.07) is 9.19. The first-order chi connectivity index (χ1) is 11.4. The fourth-order valence-electron chi connectivity index (χ4n) is 2.67. The Morgan fingerprint density at radius 3 is 2.67 bits per heavy atom. The fourth-order valence-corrected chi connectivity index (χ4v) is 3.56. The summed E-state index contributed by atoms with van der Waals surface area (Å²) in [5.41, 5.74) is 1.03. The molecule has 2 aromatic rings. The highest BCUT2D eigenvalue weighted by molar-refractivity contribution is 7.13.